The Hall–Kier alpha value is -0.570. The van der Waals surface area contributed by atoms with Crippen molar-refractivity contribution in [2.24, 2.45) is 29.6 Å². The Labute approximate surface area is 96.5 Å². The van der Waals surface area contributed by atoms with Crippen molar-refractivity contribution in [3.05, 3.63) is 0 Å². The third-order valence-electron chi connectivity index (χ3n) is 5.04. The second-order valence-electron chi connectivity index (χ2n) is 5.70. The molecule has 3 aliphatic rings. The van der Waals surface area contributed by atoms with Crippen LogP contribution in [0.15, 0.2) is 0 Å². The van der Waals surface area contributed by atoms with Crippen LogP contribution in [0.3, 0.4) is 0 Å². The third-order valence-corrected chi connectivity index (χ3v) is 5.04. The molecule has 4 unspecified atom stereocenters. The summed E-state index contributed by atoms with van der Waals surface area (Å²) in [5, 5.41) is 0. The van der Waals surface area contributed by atoms with Gasteiger partial charge in [0.15, 0.2) is 6.79 Å². The summed E-state index contributed by atoms with van der Waals surface area (Å²) in [6.45, 7) is 0.109. The van der Waals surface area contributed by atoms with Gasteiger partial charge in [-0.15, -0.1) is 0 Å². The third kappa shape index (κ3) is 1.56. The van der Waals surface area contributed by atoms with Gasteiger partial charge in [-0.25, -0.2) is 0 Å². The minimum Gasteiger partial charge on any atom is -0.438 e. The lowest BCUT2D eigenvalue weighted by Gasteiger charge is -2.23. The number of carbonyl (C=O) groups excluding carboxylic acids is 1. The number of carbonyl (C=O) groups is 1. The molecule has 0 heterocycles. The average molecular weight is 224 g/mol. The van der Waals surface area contributed by atoms with E-state index >= 15 is 0 Å². The van der Waals surface area contributed by atoms with Crippen molar-refractivity contribution >= 4 is 5.97 Å². The van der Waals surface area contributed by atoms with E-state index in [1.54, 1.807) is 7.11 Å². The first-order chi connectivity index (χ1) is 7.79. The topological polar surface area (TPSA) is 35.5 Å². The Bertz CT molecular complexity index is 271. The molecule has 3 saturated carbocycles. The minimum absolute atomic E-state index is 0.0318. The van der Waals surface area contributed by atoms with E-state index in [0.29, 0.717) is 0 Å². The number of hydrogen-bond acceptors (Lipinski definition) is 3. The Morgan fingerprint density at radius 2 is 1.75 bits per heavy atom. The summed E-state index contributed by atoms with van der Waals surface area (Å²) in [4.78, 5) is 11.8. The van der Waals surface area contributed by atoms with Gasteiger partial charge in [-0.1, -0.05) is 0 Å². The van der Waals surface area contributed by atoms with Crippen LogP contribution >= 0.6 is 0 Å². The number of methoxy groups -OCH3 is 1. The molecule has 0 spiro atoms. The fourth-order valence-corrected chi connectivity index (χ4v) is 4.44. The molecule has 0 aliphatic heterocycles. The zero-order valence-electron chi connectivity index (χ0n) is 9.85. The van der Waals surface area contributed by atoms with Crippen LogP contribution in [0.4, 0.5) is 0 Å². The fourth-order valence-electron chi connectivity index (χ4n) is 4.44. The van der Waals surface area contributed by atoms with Crippen LogP contribution in [0, 0.1) is 29.6 Å². The first kappa shape index (κ1) is 10.6. The predicted molar refractivity (Wildman–Crippen MR) is 58.5 cm³/mol. The van der Waals surface area contributed by atoms with Crippen molar-refractivity contribution in [1.29, 1.82) is 0 Å². The van der Waals surface area contributed by atoms with Crippen LogP contribution < -0.4 is 0 Å². The van der Waals surface area contributed by atoms with E-state index in [-0.39, 0.29) is 18.7 Å². The molecule has 0 saturated heterocycles. The maximum Gasteiger partial charge on any atom is 0.311 e. The molecular weight excluding hydrogens is 204 g/mol. The molecule has 4 atom stereocenters. The average Bonchev–Trinajstić information content (AvgIpc) is 2.95. The molecule has 3 heteroatoms. The SMILES string of the molecule is COCOC(=O)C1CC2C3CCC(C3)C2C1. The second-order valence-corrected chi connectivity index (χ2v) is 5.70. The number of esters is 1. The van der Waals surface area contributed by atoms with Crippen LogP contribution in [-0.4, -0.2) is 19.9 Å². The summed E-state index contributed by atoms with van der Waals surface area (Å²) in [7, 11) is 1.55. The Morgan fingerprint density at radius 3 is 2.31 bits per heavy atom. The predicted octanol–water partition coefficient (Wildman–Crippen LogP) is 2.21. The second kappa shape index (κ2) is 4.02. The van der Waals surface area contributed by atoms with Gasteiger partial charge in [0.25, 0.3) is 0 Å². The zero-order valence-corrected chi connectivity index (χ0v) is 9.85. The van der Waals surface area contributed by atoms with Gasteiger partial charge < -0.3 is 9.47 Å². The lowest BCUT2D eigenvalue weighted by molar-refractivity contribution is -0.159. The Balaban J connectivity index is 1.59. The molecule has 90 valence electrons. The fraction of sp³-hybridized carbons (Fsp3) is 0.923. The van der Waals surface area contributed by atoms with Crippen LogP contribution in [0.5, 0.6) is 0 Å². The van der Waals surface area contributed by atoms with Gasteiger partial charge in [0.1, 0.15) is 0 Å². The van der Waals surface area contributed by atoms with Crippen LogP contribution in [0.25, 0.3) is 0 Å². The van der Waals surface area contributed by atoms with Crippen molar-refractivity contribution in [2.45, 2.75) is 32.1 Å². The summed E-state index contributed by atoms with van der Waals surface area (Å²) >= 11 is 0. The zero-order chi connectivity index (χ0) is 11.1. The van der Waals surface area contributed by atoms with Gasteiger partial charge in [0.05, 0.1) is 5.92 Å². The van der Waals surface area contributed by atoms with Gasteiger partial charge in [-0.05, 0) is 55.8 Å². The van der Waals surface area contributed by atoms with Gasteiger partial charge in [-0.2, -0.15) is 0 Å². The van der Waals surface area contributed by atoms with E-state index in [0.717, 1.165) is 36.5 Å². The molecule has 3 aliphatic carbocycles. The molecule has 3 fully saturated rings. The monoisotopic (exact) mass is 224 g/mol. The molecule has 0 aromatic heterocycles. The summed E-state index contributed by atoms with van der Waals surface area (Å²) in [6, 6.07) is 0. The van der Waals surface area contributed by atoms with Crippen molar-refractivity contribution < 1.29 is 14.3 Å². The molecule has 0 radical (unpaired) electrons. The number of fused-ring (bicyclic) bond motifs is 5. The number of rotatable bonds is 3. The highest BCUT2D eigenvalue weighted by atomic mass is 16.7. The summed E-state index contributed by atoms with van der Waals surface area (Å²) < 4.78 is 9.85. The van der Waals surface area contributed by atoms with Crippen LogP contribution in [-0.2, 0) is 14.3 Å². The van der Waals surface area contributed by atoms with Gasteiger partial charge in [-0.3, -0.25) is 4.79 Å². The molecular formula is C13H20O3. The Morgan fingerprint density at radius 1 is 1.12 bits per heavy atom. The van der Waals surface area contributed by atoms with Gasteiger partial charge in [0, 0.05) is 7.11 Å². The lowest BCUT2D eigenvalue weighted by atomic mass is 9.82. The molecule has 0 aromatic carbocycles. The van der Waals surface area contributed by atoms with E-state index in [4.69, 9.17) is 9.47 Å². The van der Waals surface area contributed by atoms with Gasteiger partial charge in [0.2, 0.25) is 0 Å². The highest BCUT2D eigenvalue weighted by Crippen LogP contribution is 2.60. The van der Waals surface area contributed by atoms with E-state index < -0.39 is 0 Å². The Kier molecular flexibility index (Phi) is 2.66. The molecule has 0 aromatic rings. The molecule has 0 N–H and O–H groups in total. The van der Waals surface area contributed by atoms with Gasteiger partial charge >= 0.3 is 5.97 Å². The van der Waals surface area contributed by atoms with Crippen LogP contribution in [0.1, 0.15) is 32.1 Å². The van der Waals surface area contributed by atoms with Crippen molar-refractivity contribution in [2.75, 3.05) is 13.9 Å². The summed E-state index contributed by atoms with van der Waals surface area (Å²) in [6.07, 6.45) is 6.41. The first-order valence-electron chi connectivity index (χ1n) is 6.45. The summed E-state index contributed by atoms with van der Waals surface area (Å²) in [5.41, 5.74) is 0. The van der Waals surface area contributed by atoms with E-state index in [1.165, 1.54) is 19.3 Å². The maximum absolute atomic E-state index is 11.8. The van der Waals surface area contributed by atoms with Crippen molar-refractivity contribution in [3.63, 3.8) is 0 Å². The molecule has 0 amide bonds. The van der Waals surface area contributed by atoms with Crippen LogP contribution in [0.2, 0.25) is 0 Å². The number of hydrogen-bond donors (Lipinski definition) is 0. The highest BCUT2D eigenvalue weighted by molar-refractivity contribution is 5.72. The van der Waals surface area contributed by atoms with E-state index in [1.807, 2.05) is 0 Å². The quantitative estimate of drug-likeness (QED) is 0.544. The largest absolute Gasteiger partial charge is 0.438 e. The standard InChI is InChI=1S/C13H20O3/c1-15-7-16-13(14)10-5-11-8-2-3-9(4-8)12(11)6-10/h8-12H,2-7H2,1H3. The summed E-state index contributed by atoms with van der Waals surface area (Å²) in [5.74, 6) is 3.65. The molecule has 3 rings (SSSR count). The first-order valence-corrected chi connectivity index (χ1v) is 6.45. The number of ether oxygens (including phenoxy) is 2. The van der Waals surface area contributed by atoms with E-state index in [2.05, 4.69) is 0 Å². The normalized spacial score (nSPS) is 44.7. The molecule has 3 nitrogen and oxygen atoms in total. The van der Waals surface area contributed by atoms with E-state index in [9.17, 15) is 4.79 Å². The minimum atomic E-state index is -0.0318. The molecule has 16 heavy (non-hydrogen) atoms. The molecule has 2 bridgehead atoms. The maximum atomic E-state index is 11.8. The lowest BCUT2D eigenvalue weighted by Crippen LogP contribution is -2.17. The van der Waals surface area contributed by atoms with Crippen molar-refractivity contribution in [1.82, 2.24) is 0 Å². The smallest absolute Gasteiger partial charge is 0.311 e. The van der Waals surface area contributed by atoms with Crippen molar-refractivity contribution in [3.8, 4) is 0 Å². The highest BCUT2D eigenvalue weighted by Gasteiger charge is 2.53.